The van der Waals surface area contributed by atoms with Crippen LogP contribution < -0.4 is 15.9 Å². The van der Waals surface area contributed by atoms with Crippen LogP contribution in [0.5, 0.6) is 0 Å². The van der Waals surface area contributed by atoms with E-state index in [-0.39, 0.29) is 0 Å². The summed E-state index contributed by atoms with van der Waals surface area (Å²) in [6.45, 7) is 10.9. The second-order valence-corrected chi connectivity index (χ2v) is 37.9. The summed E-state index contributed by atoms with van der Waals surface area (Å²) in [5, 5.41) is 21.3. The maximum atomic E-state index is 12.9. The summed E-state index contributed by atoms with van der Waals surface area (Å²) in [4.78, 5) is 15.6. The second kappa shape index (κ2) is 26.4. The molecule has 0 N–H and O–H groups in total. The Kier molecular flexibility index (Phi) is 16.7. The van der Waals surface area contributed by atoms with Crippen molar-refractivity contribution < 1.29 is 13.7 Å². The van der Waals surface area contributed by atoms with Gasteiger partial charge in [0.2, 0.25) is 0 Å². The molecule has 0 aliphatic carbocycles. The van der Waals surface area contributed by atoms with Gasteiger partial charge in [0.1, 0.15) is 21.4 Å². The van der Waals surface area contributed by atoms with Crippen molar-refractivity contribution in [3.05, 3.63) is 328 Å². The first kappa shape index (κ1) is 65.8. The van der Waals surface area contributed by atoms with E-state index < -0.39 is 21.4 Å². The number of rotatable bonds is 8. The van der Waals surface area contributed by atoms with Crippen LogP contribution in [-0.2, 0) is 13.7 Å². The Balaban J connectivity index is 0.000000116. The third-order valence-electron chi connectivity index (χ3n) is 20.4. The Morgan fingerprint density at radius 3 is 0.846 bits per heavy atom. The molecule has 9 heteroatoms. The third-order valence-corrected chi connectivity index (χ3v) is 25.0. The van der Waals surface area contributed by atoms with Gasteiger partial charge in [-0.25, -0.2) is 15.0 Å². The first-order valence-corrected chi connectivity index (χ1v) is 42.9. The highest BCUT2D eigenvalue weighted by Crippen LogP contribution is 2.46. The SMILES string of the molecule is CP(C)(=O)c1ccc(-c2ccc(-c3c4ccccc4nc4c3ccc3ccccc34)cc2)cc1.CP(C)(=O)c1ccc(-c2cccc(-c3c4ccc5ccccc5c4nc4c3ccc3ccccc34)c2)cc1.CP(C)(=O)c1cccc(-c2c3ccc4ccccc4c3nc3c2ccc2ccccc23)c1. The van der Waals surface area contributed by atoms with Gasteiger partial charge in [-0.15, -0.1) is 0 Å². The highest BCUT2D eigenvalue weighted by molar-refractivity contribution is 7.70. The molecule has 0 spiro atoms. The average Bonchev–Trinajstić information content (AvgIpc) is 0.742. The van der Waals surface area contributed by atoms with Crippen molar-refractivity contribution in [3.8, 4) is 55.6 Å². The summed E-state index contributed by atoms with van der Waals surface area (Å²) < 4.78 is 37.8. The molecule has 0 bridgehead atoms. The largest absolute Gasteiger partial charge is 0.319 e. The molecule has 0 atom stereocenters. The lowest BCUT2D eigenvalue weighted by molar-refractivity contribution is 0.587. The highest BCUT2D eigenvalue weighted by Gasteiger charge is 2.22. The van der Waals surface area contributed by atoms with Crippen molar-refractivity contribution in [2.45, 2.75) is 0 Å². The molecule has 0 radical (unpaired) electrons. The number of benzene rings is 16. The Hall–Kier alpha value is -11.5. The Morgan fingerprint density at radius 2 is 0.471 bits per heavy atom. The summed E-state index contributed by atoms with van der Waals surface area (Å²) >= 11 is 0. The summed E-state index contributed by atoms with van der Waals surface area (Å²) in [7, 11) is -6.92. The quantitative estimate of drug-likeness (QED) is 0.0855. The van der Waals surface area contributed by atoms with Gasteiger partial charge >= 0.3 is 0 Å². The monoisotopic (exact) mass is 1400 g/mol. The number of hydrogen-bond acceptors (Lipinski definition) is 6. The molecular formula is C95H72N3O3P3. The molecule has 0 unspecified atom stereocenters. The van der Waals surface area contributed by atoms with E-state index in [1.807, 2.05) is 82.5 Å². The van der Waals surface area contributed by atoms with Crippen LogP contribution in [0.4, 0.5) is 0 Å². The molecule has 6 nitrogen and oxygen atoms in total. The van der Waals surface area contributed by atoms with Crippen LogP contribution in [0.3, 0.4) is 0 Å². The summed E-state index contributed by atoms with van der Waals surface area (Å²) in [5.41, 5.74) is 17.6. The summed E-state index contributed by atoms with van der Waals surface area (Å²) in [6, 6.07) is 115. The van der Waals surface area contributed by atoms with Crippen molar-refractivity contribution in [1.29, 1.82) is 0 Å². The lowest BCUT2D eigenvalue weighted by Gasteiger charge is -2.16. The van der Waals surface area contributed by atoms with Crippen molar-refractivity contribution in [2.75, 3.05) is 40.0 Å². The predicted molar refractivity (Wildman–Crippen MR) is 450 cm³/mol. The van der Waals surface area contributed by atoms with E-state index in [2.05, 4.69) is 285 Å². The van der Waals surface area contributed by atoms with Gasteiger partial charge in [0.15, 0.2) is 0 Å². The van der Waals surface area contributed by atoms with Crippen molar-refractivity contribution in [3.63, 3.8) is 0 Å². The molecule has 19 rings (SSSR count). The Bertz CT molecular complexity index is 6650. The molecule has 0 aliphatic rings. The number of nitrogens with zero attached hydrogens (tertiary/aromatic N) is 3. The molecule has 104 heavy (non-hydrogen) atoms. The zero-order chi connectivity index (χ0) is 71.0. The number of fused-ring (bicyclic) bond motifs is 16. The first-order valence-electron chi connectivity index (χ1n) is 35.1. The first-order chi connectivity index (χ1) is 50.5. The number of pyridine rings is 3. The second-order valence-electron chi connectivity index (χ2n) is 28.2. The van der Waals surface area contributed by atoms with Gasteiger partial charge < -0.3 is 13.7 Å². The molecule has 0 fully saturated rings. The smallest absolute Gasteiger partial charge is 0.109 e. The van der Waals surface area contributed by atoms with E-state index >= 15 is 0 Å². The molecule has 0 saturated carbocycles. The maximum absolute atomic E-state index is 12.9. The fraction of sp³-hybridized carbons (Fsp3) is 0.0632. The van der Waals surface area contributed by atoms with Crippen LogP contribution in [-0.4, -0.2) is 54.9 Å². The lowest BCUT2D eigenvalue weighted by atomic mass is 9.91. The van der Waals surface area contributed by atoms with Gasteiger partial charge in [-0.05, 0) is 124 Å². The zero-order valence-corrected chi connectivity index (χ0v) is 61.3. The Labute approximate surface area is 604 Å². The minimum absolute atomic E-state index is 0.898. The predicted octanol–water partition coefficient (Wildman–Crippen LogP) is 25.0. The molecule has 0 amide bonds. The van der Waals surface area contributed by atoms with Gasteiger partial charge in [-0.1, -0.05) is 309 Å². The van der Waals surface area contributed by atoms with Crippen LogP contribution in [0, 0.1) is 0 Å². The molecule has 0 aliphatic heterocycles. The number of aromatic nitrogens is 3. The van der Waals surface area contributed by atoms with Crippen molar-refractivity contribution in [2.24, 2.45) is 0 Å². The van der Waals surface area contributed by atoms with Crippen LogP contribution in [0.15, 0.2) is 328 Å². The van der Waals surface area contributed by atoms with Crippen molar-refractivity contribution >= 4 is 157 Å². The zero-order valence-electron chi connectivity index (χ0n) is 58.6. The van der Waals surface area contributed by atoms with Gasteiger partial charge in [0, 0.05) is 91.9 Å². The van der Waals surface area contributed by atoms with Crippen molar-refractivity contribution in [1.82, 2.24) is 15.0 Å². The number of hydrogen-bond donors (Lipinski definition) is 0. The number of para-hydroxylation sites is 1. The Morgan fingerprint density at radius 1 is 0.192 bits per heavy atom. The summed E-state index contributed by atoms with van der Waals surface area (Å²) in [6.07, 6.45) is 0. The maximum Gasteiger partial charge on any atom is 0.109 e. The minimum Gasteiger partial charge on any atom is -0.319 e. The molecule has 16 aromatic carbocycles. The fourth-order valence-electron chi connectivity index (χ4n) is 15.1. The normalized spacial score (nSPS) is 12.1. The fourth-order valence-corrected chi connectivity index (χ4v) is 17.7. The van der Waals surface area contributed by atoms with E-state index in [1.165, 1.54) is 49.0 Å². The average molecular weight is 1400 g/mol. The highest BCUT2D eigenvalue weighted by atomic mass is 31.2. The molecule has 19 aromatic rings. The molecule has 0 saturated heterocycles. The topological polar surface area (TPSA) is 89.9 Å². The minimum atomic E-state index is -2.38. The lowest BCUT2D eigenvalue weighted by Crippen LogP contribution is -2.03. The van der Waals surface area contributed by atoms with Gasteiger partial charge in [0.25, 0.3) is 0 Å². The van der Waals surface area contributed by atoms with Gasteiger partial charge in [-0.2, -0.15) is 0 Å². The molecule has 500 valence electrons. The van der Waals surface area contributed by atoms with Crippen LogP contribution in [0.1, 0.15) is 0 Å². The standard InChI is InChI=1S/C35H26NOP.C31H24NOP.C29H22NOP/c1-38(2,37)28-18-14-23(15-19-28)26-10-7-11-27(22-26)33-31-20-16-24-8-3-5-12-29(24)34(31)36-35-30-13-6-4-9-25(30)17-21-32(33)35;1-34(2,33)25-18-15-22(16-19-25)21-11-13-24(14-12-21)30-27-9-5-6-10-29(27)32-31-26-8-4-3-7-23(26)17-20-28(30)31;1-32(2,31)22-11-7-10-21(18-22)27-25-16-14-19-8-3-5-12-23(19)28(25)30-29-24-13-6-4-9-20(24)15-17-26(27)29/h3-22H,1-2H3;3-20H,1-2H3;3-18H,1-2H3. The van der Waals surface area contributed by atoms with Gasteiger partial charge in [0.05, 0.1) is 33.1 Å². The van der Waals surface area contributed by atoms with E-state index in [0.29, 0.717) is 0 Å². The van der Waals surface area contributed by atoms with Crippen LogP contribution in [0.2, 0.25) is 0 Å². The molecule has 3 heterocycles. The van der Waals surface area contributed by atoms with E-state index in [9.17, 15) is 13.7 Å². The molecule has 3 aromatic heterocycles. The van der Waals surface area contributed by atoms with Crippen LogP contribution >= 0.6 is 21.4 Å². The van der Waals surface area contributed by atoms with E-state index in [1.54, 1.807) is 0 Å². The van der Waals surface area contributed by atoms with E-state index in [4.69, 9.17) is 15.0 Å². The molecular weight excluding hydrogens is 1320 g/mol. The van der Waals surface area contributed by atoms with Crippen LogP contribution in [0.25, 0.3) is 175 Å². The van der Waals surface area contributed by atoms with E-state index in [0.717, 1.165) is 142 Å². The van der Waals surface area contributed by atoms with Gasteiger partial charge in [-0.3, -0.25) is 0 Å². The third kappa shape index (κ3) is 12.2. The summed E-state index contributed by atoms with van der Waals surface area (Å²) in [5.74, 6) is 0.